The number of aryl methyl sites for hydroxylation is 1. The molecule has 2 N–H and O–H groups in total. The van der Waals surface area contributed by atoms with Gasteiger partial charge in [-0.05, 0) is 32.9 Å². The van der Waals surface area contributed by atoms with Gasteiger partial charge in [-0.15, -0.1) is 0 Å². The van der Waals surface area contributed by atoms with Crippen molar-refractivity contribution in [2.75, 3.05) is 30.0 Å². The molecule has 1 fully saturated rings. The van der Waals surface area contributed by atoms with E-state index in [-0.39, 0.29) is 0 Å². The van der Waals surface area contributed by atoms with E-state index in [1.807, 2.05) is 24.8 Å². The van der Waals surface area contributed by atoms with Crippen LogP contribution in [0.2, 0.25) is 0 Å². The maximum absolute atomic E-state index is 4.53. The van der Waals surface area contributed by atoms with Gasteiger partial charge in [-0.2, -0.15) is 16.7 Å². The predicted octanol–water partition coefficient (Wildman–Crippen LogP) is 3.69. The Balaban J connectivity index is 2.02. The van der Waals surface area contributed by atoms with Crippen molar-refractivity contribution in [3.63, 3.8) is 0 Å². The van der Waals surface area contributed by atoms with E-state index in [4.69, 9.17) is 0 Å². The van der Waals surface area contributed by atoms with E-state index < -0.39 is 0 Å². The number of nitrogens with one attached hydrogen (secondary N) is 2. The van der Waals surface area contributed by atoms with Crippen molar-refractivity contribution in [3.05, 3.63) is 11.8 Å². The molecule has 4 nitrogen and oxygen atoms in total. The molecule has 0 saturated heterocycles. The summed E-state index contributed by atoms with van der Waals surface area (Å²) in [5.74, 6) is 1.66. The van der Waals surface area contributed by atoms with E-state index in [9.17, 15) is 0 Å². The molecule has 0 aliphatic heterocycles. The maximum atomic E-state index is 4.53. The van der Waals surface area contributed by atoms with Gasteiger partial charge in [-0.1, -0.05) is 19.3 Å². The molecule has 1 aromatic rings. The second-order valence-electron chi connectivity index (χ2n) is 5.55. The van der Waals surface area contributed by atoms with E-state index >= 15 is 0 Å². The average molecular weight is 294 g/mol. The maximum Gasteiger partial charge on any atom is 0.224 e. The normalized spacial score (nSPS) is 17.8. The summed E-state index contributed by atoms with van der Waals surface area (Å²) in [6.45, 7) is 5.91. The van der Waals surface area contributed by atoms with E-state index in [2.05, 4.69) is 33.8 Å². The van der Waals surface area contributed by atoms with E-state index in [1.165, 1.54) is 32.1 Å². The van der Waals surface area contributed by atoms with Crippen molar-refractivity contribution < 1.29 is 0 Å². The van der Waals surface area contributed by atoms with Gasteiger partial charge < -0.3 is 10.6 Å². The smallest absolute Gasteiger partial charge is 0.224 e. The van der Waals surface area contributed by atoms with Crippen LogP contribution in [0.1, 0.15) is 44.7 Å². The summed E-state index contributed by atoms with van der Waals surface area (Å²) in [5.41, 5.74) is 1.00. The predicted molar refractivity (Wildman–Crippen MR) is 88.8 cm³/mol. The van der Waals surface area contributed by atoms with Crippen LogP contribution >= 0.6 is 11.8 Å². The van der Waals surface area contributed by atoms with Gasteiger partial charge >= 0.3 is 0 Å². The van der Waals surface area contributed by atoms with Crippen LogP contribution in [0, 0.1) is 6.92 Å². The first-order chi connectivity index (χ1) is 9.67. The number of nitrogens with zero attached hydrogens (tertiary/aromatic N) is 2. The number of thioether (sulfide) groups is 1. The van der Waals surface area contributed by atoms with Crippen LogP contribution in [0.3, 0.4) is 0 Å². The van der Waals surface area contributed by atoms with Gasteiger partial charge in [0.2, 0.25) is 5.95 Å². The van der Waals surface area contributed by atoms with Crippen LogP contribution < -0.4 is 10.6 Å². The number of hydrogen-bond donors (Lipinski definition) is 2. The molecule has 0 aromatic carbocycles. The third-order valence-corrected chi connectivity index (χ3v) is 5.40. The summed E-state index contributed by atoms with van der Waals surface area (Å²) in [5, 5.41) is 6.72. The molecule has 1 aliphatic carbocycles. The molecule has 0 spiro atoms. The largest absolute Gasteiger partial charge is 0.369 e. The first-order valence-electron chi connectivity index (χ1n) is 7.56. The standard InChI is InChI=1S/C15H26N4S/c1-4-16-14-18-12(2)10-13(19-14)17-11-15(20-3)8-6-5-7-9-15/h10H,4-9,11H2,1-3H3,(H2,16,17,18,19). The Labute approximate surface area is 126 Å². The molecule has 0 atom stereocenters. The van der Waals surface area contributed by atoms with Crippen molar-refractivity contribution in [1.82, 2.24) is 9.97 Å². The summed E-state index contributed by atoms with van der Waals surface area (Å²) in [7, 11) is 0. The Bertz CT molecular complexity index is 430. The zero-order chi connectivity index (χ0) is 14.4. The van der Waals surface area contributed by atoms with Crippen molar-refractivity contribution in [1.29, 1.82) is 0 Å². The molecular formula is C15H26N4S. The van der Waals surface area contributed by atoms with Crippen molar-refractivity contribution in [2.24, 2.45) is 0 Å². The SMILES string of the molecule is CCNc1nc(C)cc(NCC2(SC)CCCCC2)n1. The second-order valence-corrected chi connectivity index (χ2v) is 6.82. The molecule has 0 amide bonds. The van der Waals surface area contributed by atoms with Gasteiger partial charge in [-0.25, -0.2) is 4.98 Å². The first kappa shape index (κ1) is 15.4. The zero-order valence-electron chi connectivity index (χ0n) is 12.8. The lowest BCUT2D eigenvalue weighted by Crippen LogP contribution is -2.35. The summed E-state index contributed by atoms with van der Waals surface area (Å²) in [6.07, 6.45) is 8.96. The molecule has 0 radical (unpaired) electrons. The van der Waals surface area contributed by atoms with E-state index in [0.717, 1.165) is 30.5 Å². The molecule has 5 heteroatoms. The van der Waals surface area contributed by atoms with Gasteiger partial charge in [0.25, 0.3) is 0 Å². The third kappa shape index (κ3) is 4.01. The highest BCUT2D eigenvalue weighted by Gasteiger charge is 2.30. The summed E-state index contributed by atoms with van der Waals surface area (Å²) < 4.78 is 0.384. The van der Waals surface area contributed by atoms with Gasteiger partial charge in [0, 0.05) is 29.6 Å². The Morgan fingerprint density at radius 1 is 1.20 bits per heavy atom. The summed E-state index contributed by atoms with van der Waals surface area (Å²) >= 11 is 2.01. The highest BCUT2D eigenvalue weighted by molar-refractivity contribution is 8.00. The van der Waals surface area contributed by atoms with Gasteiger partial charge in [0.15, 0.2) is 0 Å². The number of aromatic nitrogens is 2. The van der Waals surface area contributed by atoms with Crippen LogP contribution in [-0.2, 0) is 0 Å². The van der Waals surface area contributed by atoms with Gasteiger partial charge in [0.1, 0.15) is 5.82 Å². The highest BCUT2D eigenvalue weighted by atomic mass is 32.2. The van der Waals surface area contributed by atoms with Gasteiger partial charge in [-0.3, -0.25) is 0 Å². The summed E-state index contributed by atoms with van der Waals surface area (Å²) in [4.78, 5) is 8.92. The topological polar surface area (TPSA) is 49.8 Å². The van der Waals surface area contributed by atoms with Crippen molar-refractivity contribution in [3.8, 4) is 0 Å². The second kappa shape index (κ2) is 7.16. The molecular weight excluding hydrogens is 268 g/mol. The lowest BCUT2D eigenvalue weighted by molar-refractivity contribution is 0.411. The first-order valence-corrected chi connectivity index (χ1v) is 8.78. The Morgan fingerprint density at radius 3 is 2.60 bits per heavy atom. The molecule has 0 unspecified atom stereocenters. The molecule has 2 rings (SSSR count). The van der Waals surface area contributed by atoms with E-state index in [0.29, 0.717) is 4.75 Å². The average Bonchev–Trinajstić information content (AvgIpc) is 2.46. The van der Waals surface area contributed by atoms with Crippen molar-refractivity contribution >= 4 is 23.5 Å². The minimum Gasteiger partial charge on any atom is -0.369 e. The molecule has 1 heterocycles. The Hall–Kier alpha value is -0.970. The number of hydrogen-bond acceptors (Lipinski definition) is 5. The van der Waals surface area contributed by atoms with Crippen LogP contribution in [0.5, 0.6) is 0 Å². The molecule has 0 bridgehead atoms. The van der Waals surface area contributed by atoms with Crippen LogP contribution in [0.25, 0.3) is 0 Å². The number of anilines is 2. The quantitative estimate of drug-likeness (QED) is 0.838. The molecule has 1 saturated carbocycles. The summed E-state index contributed by atoms with van der Waals surface area (Å²) in [6, 6.07) is 2.03. The molecule has 112 valence electrons. The fourth-order valence-electron chi connectivity index (χ4n) is 2.80. The molecule has 1 aliphatic rings. The van der Waals surface area contributed by atoms with Crippen LogP contribution in [0.4, 0.5) is 11.8 Å². The monoisotopic (exact) mass is 294 g/mol. The lowest BCUT2D eigenvalue weighted by atomic mass is 9.88. The Morgan fingerprint density at radius 2 is 1.95 bits per heavy atom. The van der Waals surface area contributed by atoms with Crippen LogP contribution in [0.15, 0.2) is 6.07 Å². The highest BCUT2D eigenvalue weighted by Crippen LogP contribution is 2.38. The third-order valence-electron chi connectivity index (χ3n) is 3.98. The van der Waals surface area contributed by atoms with Gasteiger partial charge in [0.05, 0.1) is 0 Å². The Kier molecular flexibility index (Phi) is 5.52. The minimum absolute atomic E-state index is 0.384. The fourth-order valence-corrected chi connectivity index (χ4v) is 3.71. The molecule has 20 heavy (non-hydrogen) atoms. The number of rotatable bonds is 6. The lowest BCUT2D eigenvalue weighted by Gasteiger charge is -2.36. The minimum atomic E-state index is 0.384. The zero-order valence-corrected chi connectivity index (χ0v) is 13.6. The van der Waals surface area contributed by atoms with E-state index in [1.54, 1.807) is 0 Å². The van der Waals surface area contributed by atoms with Crippen LogP contribution in [-0.4, -0.2) is 34.1 Å². The fraction of sp³-hybridized carbons (Fsp3) is 0.733. The van der Waals surface area contributed by atoms with Crippen molar-refractivity contribution in [2.45, 2.75) is 50.7 Å². The molecule has 1 aromatic heterocycles.